The number of thiophene rings is 1. The Hall–Kier alpha value is -1.87. The van der Waals surface area contributed by atoms with Gasteiger partial charge >= 0.3 is 0 Å². The molecule has 0 aliphatic heterocycles. The number of benzene rings is 1. The highest BCUT2D eigenvalue weighted by molar-refractivity contribution is 8.00. The highest BCUT2D eigenvalue weighted by Crippen LogP contribution is 2.36. The van der Waals surface area contributed by atoms with Crippen molar-refractivity contribution in [1.82, 2.24) is 9.55 Å². The second-order valence-electron chi connectivity index (χ2n) is 5.82. The van der Waals surface area contributed by atoms with Crippen LogP contribution in [0.25, 0.3) is 21.3 Å². The molecule has 6 nitrogen and oxygen atoms in total. The molecule has 3 aromatic rings. The van der Waals surface area contributed by atoms with Crippen LogP contribution < -0.4 is 11.3 Å². The summed E-state index contributed by atoms with van der Waals surface area (Å²) in [5, 5.41) is 2.91. The van der Waals surface area contributed by atoms with Gasteiger partial charge in [-0.25, -0.2) is 4.98 Å². The molecular weight excluding hydrogens is 406 g/mol. The SMILES string of the molecule is COCCn1c(SC(C)C(N)=O)nc2scc(-c3ccccc3Cl)c2c1=O. The van der Waals surface area contributed by atoms with Crippen molar-refractivity contribution in [3.63, 3.8) is 0 Å². The number of amides is 1. The number of ether oxygens (including phenoxy) is 1. The number of halogens is 1. The summed E-state index contributed by atoms with van der Waals surface area (Å²) >= 11 is 8.86. The maximum atomic E-state index is 13.3. The summed E-state index contributed by atoms with van der Waals surface area (Å²) in [5.41, 5.74) is 6.72. The van der Waals surface area contributed by atoms with Crippen LogP contribution in [-0.2, 0) is 16.1 Å². The molecule has 1 atom stereocenters. The van der Waals surface area contributed by atoms with Crippen LogP contribution in [0.2, 0.25) is 5.02 Å². The van der Waals surface area contributed by atoms with Crippen molar-refractivity contribution in [2.75, 3.05) is 13.7 Å². The van der Waals surface area contributed by atoms with E-state index < -0.39 is 11.2 Å². The van der Waals surface area contributed by atoms with Gasteiger partial charge in [0.2, 0.25) is 5.91 Å². The highest BCUT2D eigenvalue weighted by Gasteiger charge is 2.21. The Kier molecular flexibility index (Phi) is 6.21. The van der Waals surface area contributed by atoms with Crippen LogP contribution in [0.1, 0.15) is 6.92 Å². The minimum atomic E-state index is -0.508. The Morgan fingerprint density at radius 2 is 2.15 bits per heavy atom. The summed E-state index contributed by atoms with van der Waals surface area (Å²) in [7, 11) is 1.57. The average Bonchev–Trinajstić information content (AvgIpc) is 3.05. The van der Waals surface area contributed by atoms with Gasteiger partial charge < -0.3 is 10.5 Å². The molecule has 0 saturated carbocycles. The maximum Gasteiger partial charge on any atom is 0.263 e. The maximum absolute atomic E-state index is 13.3. The second-order valence-corrected chi connectivity index (χ2v) is 8.39. The fourth-order valence-electron chi connectivity index (χ4n) is 2.57. The van der Waals surface area contributed by atoms with Gasteiger partial charge in [0.15, 0.2) is 5.16 Å². The second kappa shape index (κ2) is 8.43. The molecule has 3 rings (SSSR count). The van der Waals surface area contributed by atoms with E-state index in [-0.39, 0.29) is 5.56 Å². The van der Waals surface area contributed by atoms with E-state index in [9.17, 15) is 9.59 Å². The van der Waals surface area contributed by atoms with Crippen LogP contribution in [-0.4, -0.2) is 34.4 Å². The first-order valence-corrected chi connectivity index (χ1v) is 10.3. The minimum Gasteiger partial charge on any atom is -0.383 e. The molecule has 0 saturated heterocycles. The first-order chi connectivity index (χ1) is 12.9. The number of nitrogens with zero attached hydrogens (tertiary/aromatic N) is 2. The van der Waals surface area contributed by atoms with Crippen molar-refractivity contribution in [3.8, 4) is 11.1 Å². The molecule has 0 aliphatic carbocycles. The Bertz CT molecular complexity index is 1050. The summed E-state index contributed by atoms with van der Waals surface area (Å²) in [4.78, 5) is 30.0. The molecule has 1 amide bonds. The first-order valence-electron chi connectivity index (χ1n) is 8.16. The number of nitrogens with two attached hydrogens (primary N) is 1. The van der Waals surface area contributed by atoms with Gasteiger partial charge in [-0.15, -0.1) is 11.3 Å². The number of thioether (sulfide) groups is 1. The molecular formula is C18H18ClN3O3S2. The van der Waals surface area contributed by atoms with Gasteiger partial charge in [-0.2, -0.15) is 0 Å². The summed E-state index contributed by atoms with van der Waals surface area (Å²) in [6.45, 7) is 2.36. The predicted molar refractivity (Wildman–Crippen MR) is 111 cm³/mol. The quantitative estimate of drug-likeness (QED) is 0.465. The van der Waals surface area contributed by atoms with Crippen molar-refractivity contribution in [2.24, 2.45) is 5.73 Å². The third kappa shape index (κ3) is 4.03. The Morgan fingerprint density at radius 1 is 1.41 bits per heavy atom. The van der Waals surface area contributed by atoms with Crippen LogP contribution in [0, 0.1) is 0 Å². The lowest BCUT2D eigenvalue weighted by Gasteiger charge is -2.14. The van der Waals surface area contributed by atoms with Crippen LogP contribution in [0.15, 0.2) is 39.6 Å². The van der Waals surface area contributed by atoms with E-state index in [4.69, 9.17) is 22.1 Å². The molecule has 142 valence electrons. The summed E-state index contributed by atoms with van der Waals surface area (Å²) < 4.78 is 6.66. The van der Waals surface area contributed by atoms with Gasteiger partial charge in [-0.05, 0) is 13.0 Å². The van der Waals surface area contributed by atoms with Gasteiger partial charge in [0.25, 0.3) is 5.56 Å². The average molecular weight is 424 g/mol. The Morgan fingerprint density at radius 3 is 2.81 bits per heavy atom. The highest BCUT2D eigenvalue weighted by atomic mass is 35.5. The molecule has 1 unspecified atom stereocenters. The molecule has 2 N–H and O–H groups in total. The van der Waals surface area contributed by atoms with E-state index in [1.807, 2.05) is 23.6 Å². The normalized spacial score (nSPS) is 12.4. The molecule has 0 radical (unpaired) electrons. The monoisotopic (exact) mass is 423 g/mol. The van der Waals surface area contributed by atoms with Crippen molar-refractivity contribution < 1.29 is 9.53 Å². The standard InChI is InChI=1S/C18H18ClN3O3S2/c1-10(15(20)23)27-18-21-16-14(17(24)22(18)7-8-25-2)12(9-26-16)11-5-3-4-6-13(11)19/h3-6,9-10H,7-8H2,1-2H3,(H2,20,23). The van der Waals surface area contributed by atoms with Crippen molar-refractivity contribution in [1.29, 1.82) is 0 Å². The third-order valence-corrected chi connectivity index (χ3v) is 6.33. The lowest BCUT2D eigenvalue weighted by atomic mass is 10.1. The molecule has 1 aromatic carbocycles. The van der Waals surface area contributed by atoms with E-state index in [0.29, 0.717) is 33.5 Å². The van der Waals surface area contributed by atoms with Crippen molar-refractivity contribution in [2.45, 2.75) is 23.9 Å². The Labute approximate surface area is 169 Å². The van der Waals surface area contributed by atoms with E-state index >= 15 is 0 Å². The number of methoxy groups -OCH3 is 1. The molecule has 0 fully saturated rings. The number of carbonyl (C=O) groups excluding carboxylic acids is 1. The fraction of sp³-hybridized carbons (Fsp3) is 0.278. The number of hydrogen-bond acceptors (Lipinski definition) is 6. The molecule has 0 aliphatic rings. The molecule has 0 spiro atoms. The number of hydrogen-bond donors (Lipinski definition) is 1. The number of primary amides is 1. The van der Waals surface area contributed by atoms with Gasteiger partial charge in [0.05, 0.1) is 23.8 Å². The summed E-state index contributed by atoms with van der Waals surface area (Å²) in [5.74, 6) is -0.462. The van der Waals surface area contributed by atoms with E-state index in [2.05, 4.69) is 4.98 Å². The number of aromatic nitrogens is 2. The summed E-state index contributed by atoms with van der Waals surface area (Å²) in [6, 6.07) is 7.38. The van der Waals surface area contributed by atoms with Crippen LogP contribution >= 0.6 is 34.7 Å². The number of carbonyl (C=O) groups is 1. The van der Waals surface area contributed by atoms with Crippen molar-refractivity contribution in [3.05, 3.63) is 45.0 Å². The van der Waals surface area contributed by atoms with Crippen LogP contribution in [0.4, 0.5) is 0 Å². The van der Waals surface area contributed by atoms with Crippen LogP contribution in [0.5, 0.6) is 0 Å². The van der Waals surface area contributed by atoms with Crippen LogP contribution in [0.3, 0.4) is 0 Å². The van der Waals surface area contributed by atoms with E-state index in [1.54, 1.807) is 20.1 Å². The smallest absolute Gasteiger partial charge is 0.263 e. The van der Waals surface area contributed by atoms with E-state index in [0.717, 1.165) is 11.1 Å². The number of rotatable bonds is 7. The Balaban J connectivity index is 2.21. The fourth-order valence-corrected chi connectivity index (χ4v) is 4.67. The first kappa shape index (κ1) is 19.9. The molecule has 0 bridgehead atoms. The number of fused-ring (bicyclic) bond motifs is 1. The van der Waals surface area contributed by atoms with E-state index in [1.165, 1.54) is 27.7 Å². The molecule has 9 heteroatoms. The minimum absolute atomic E-state index is 0.188. The zero-order valence-corrected chi connectivity index (χ0v) is 17.2. The summed E-state index contributed by atoms with van der Waals surface area (Å²) in [6.07, 6.45) is 0. The largest absolute Gasteiger partial charge is 0.383 e. The lowest BCUT2D eigenvalue weighted by Crippen LogP contribution is -2.28. The van der Waals surface area contributed by atoms with Gasteiger partial charge in [0, 0.05) is 28.6 Å². The van der Waals surface area contributed by atoms with Gasteiger partial charge in [-0.3, -0.25) is 14.2 Å². The third-order valence-electron chi connectivity index (χ3n) is 4.02. The molecule has 27 heavy (non-hydrogen) atoms. The zero-order chi connectivity index (χ0) is 19.6. The lowest BCUT2D eigenvalue weighted by molar-refractivity contribution is -0.117. The van der Waals surface area contributed by atoms with Gasteiger partial charge in [0.1, 0.15) is 4.83 Å². The molecule has 2 heterocycles. The molecule has 2 aromatic heterocycles. The topological polar surface area (TPSA) is 87.2 Å². The van der Waals surface area contributed by atoms with Gasteiger partial charge in [-0.1, -0.05) is 41.6 Å². The zero-order valence-electron chi connectivity index (χ0n) is 14.8. The predicted octanol–water partition coefficient (Wildman–Crippen LogP) is 3.39. The van der Waals surface area contributed by atoms with Crippen molar-refractivity contribution >= 4 is 50.8 Å².